The smallest absolute Gasteiger partial charge is 0.224 e. The van der Waals surface area contributed by atoms with Gasteiger partial charge in [-0.2, -0.15) is 5.10 Å². The number of rotatable bonds is 5. The van der Waals surface area contributed by atoms with E-state index in [0.717, 1.165) is 22.5 Å². The van der Waals surface area contributed by atoms with Gasteiger partial charge in [0.2, 0.25) is 5.91 Å². The zero-order chi connectivity index (χ0) is 17.2. The first-order valence-electron chi connectivity index (χ1n) is 7.23. The quantitative estimate of drug-likeness (QED) is 0.893. The lowest BCUT2D eigenvalue weighted by Gasteiger charge is -2.07. The Morgan fingerprint density at radius 1 is 1.22 bits per heavy atom. The molecule has 6 nitrogen and oxygen atoms in total. The standard InChI is InChI=1S/C16H21N3O3S/c1-11-15(12(2)19(3)18-11)9-16(20)17-10-13-5-7-14(8-6-13)23(4,21)22/h5-8H,9-10H2,1-4H3,(H,17,20). The average molecular weight is 335 g/mol. The van der Waals surface area contributed by atoms with Crippen LogP contribution in [0.5, 0.6) is 0 Å². The number of aromatic nitrogens is 2. The molecule has 0 spiro atoms. The fourth-order valence-electron chi connectivity index (χ4n) is 2.35. The van der Waals surface area contributed by atoms with Crippen LogP contribution in [0.1, 0.15) is 22.5 Å². The van der Waals surface area contributed by atoms with Crippen LogP contribution < -0.4 is 5.32 Å². The van der Waals surface area contributed by atoms with E-state index in [1.807, 2.05) is 20.9 Å². The van der Waals surface area contributed by atoms with Crippen LogP contribution in [0.4, 0.5) is 0 Å². The van der Waals surface area contributed by atoms with Crippen molar-refractivity contribution in [3.05, 3.63) is 46.8 Å². The largest absolute Gasteiger partial charge is 0.352 e. The van der Waals surface area contributed by atoms with Gasteiger partial charge in [0, 0.05) is 31.1 Å². The van der Waals surface area contributed by atoms with E-state index in [1.165, 1.54) is 6.26 Å². The predicted octanol–water partition coefficient (Wildman–Crippen LogP) is 1.30. The van der Waals surface area contributed by atoms with Crippen LogP contribution in [-0.4, -0.2) is 30.4 Å². The lowest BCUT2D eigenvalue weighted by molar-refractivity contribution is -0.120. The number of benzene rings is 1. The zero-order valence-electron chi connectivity index (χ0n) is 13.8. The molecular formula is C16H21N3O3S. The Hall–Kier alpha value is -2.15. The minimum Gasteiger partial charge on any atom is -0.352 e. The molecular weight excluding hydrogens is 314 g/mol. The Kier molecular flexibility index (Phi) is 4.89. The van der Waals surface area contributed by atoms with Crippen molar-refractivity contribution < 1.29 is 13.2 Å². The van der Waals surface area contributed by atoms with Crippen LogP contribution in [0, 0.1) is 13.8 Å². The Morgan fingerprint density at radius 3 is 2.30 bits per heavy atom. The summed E-state index contributed by atoms with van der Waals surface area (Å²) in [4.78, 5) is 12.4. The third kappa shape index (κ3) is 4.19. The molecule has 0 saturated carbocycles. The molecule has 1 heterocycles. The summed E-state index contributed by atoms with van der Waals surface area (Å²) in [6.45, 7) is 4.19. The van der Waals surface area contributed by atoms with E-state index in [0.29, 0.717) is 6.54 Å². The molecule has 1 aromatic heterocycles. The Morgan fingerprint density at radius 2 is 1.83 bits per heavy atom. The average Bonchev–Trinajstić information content (AvgIpc) is 2.71. The van der Waals surface area contributed by atoms with Gasteiger partial charge in [0.15, 0.2) is 9.84 Å². The molecule has 0 bridgehead atoms. The van der Waals surface area contributed by atoms with Crippen molar-refractivity contribution in [3.8, 4) is 0 Å². The lowest BCUT2D eigenvalue weighted by atomic mass is 10.1. The number of nitrogens with one attached hydrogen (secondary N) is 1. The zero-order valence-corrected chi connectivity index (χ0v) is 14.6. The second-order valence-corrected chi connectivity index (χ2v) is 7.66. The van der Waals surface area contributed by atoms with Gasteiger partial charge in [-0.05, 0) is 31.5 Å². The summed E-state index contributed by atoms with van der Waals surface area (Å²) < 4.78 is 24.6. The molecule has 124 valence electrons. The predicted molar refractivity (Wildman–Crippen MR) is 87.8 cm³/mol. The van der Waals surface area contributed by atoms with Crippen LogP contribution in [0.25, 0.3) is 0 Å². The van der Waals surface area contributed by atoms with Gasteiger partial charge in [0.25, 0.3) is 0 Å². The third-order valence-corrected chi connectivity index (χ3v) is 4.97. The summed E-state index contributed by atoms with van der Waals surface area (Å²) in [6.07, 6.45) is 1.45. The van der Waals surface area contributed by atoms with Crippen molar-refractivity contribution in [2.75, 3.05) is 6.26 Å². The molecule has 0 aliphatic heterocycles. The summed E-state index contributed by atoms with van der Waals surface area (Å²) >= 11 is 0. The molecule has 7 heteroatoms. The number of hydrogen-bond acceptors (Lipinski definition) is 4. The number of aryl methyl sites for hydroxylation is 2. The normalized spacial score (nSPS) is 11.5. The molecule has 0 atom stereocenters. The molecule has 0 unspecified atom stereocenters. The maximum absolute atomic E-state index is 12.1. The Bertz CT molecular complexity index is 821. The van der Waals surface area contributed by atoms with E-state index >= 15 is 0 Å². The molecule has 0 radical (unpaired) electrons. The van der Waals surface area contributed by atoms with E-state index in [2.05, 4.69) is 10.4 Å². The highest BCUT2D eigenvalue weighted by Gasteiger charge is 2.13. The molecule has 1 N–H and O–H groups in total. The molecule has 0 aliphatic rings. The van der Waals surface area contributed by atoms with E-state index in [1.54, 1.807) is 28.9 Å². The Balaban J connectivity index is 1.97. The Labute approximate surface area is 136 Å². The minimum atomic E-state index is -3.20. The first kappa shape index (κ1) is 17.2. The number of carbonyl (C=O) groups is 1. The van der Waals surface area contributed by atoms with E-state index in [4.69, 9.17) is 0 Å². The van der Waals surface area contributed by atoms with Crippen molar-refractivity contribution in [1.29, 1.82) is 0 Å². The van der Waals surface area contributed by atoms with Gasteiger partial charge in [0.1, 0.15) is 0 Å². The summed E-state index contributed by atoms with van der Waals surface area (Å²) in [6, 6.07) is 6.51. The van der Waals surface area contributed by atoms with Crippen LogP contribution in [0.3, 0.4) is 0 Å². The molecule has 2 rings (SSSR count). The molecule has 1 amide bonds. The highest BCUT2D eigenvalue weighted by Crippen LogP contribution is 2.13. The van der Waals surface area contributed by atoms with Crippen LogP contribution in [0.2, 0.25) is 0 Å². The van der Waals surface area contributed by atoms with Gasteiger partial charge in [-0.3, -0.25) is 9.48 Å². The summed E-state index contributed by atoms with van der Waals surface area (Å²) in [5, 5.41) is 7.14. The van der Waals surface area contributed by atoms with Crippen LogP contribution in [-0.2, 0) is 34.6 Å². The fraction of sp³-hybridized carbons (Fsp3) is 0.375. The topological polar surface area (TPSA) is 81.1 Å². The molecule has 23 heavy (non-hydrogen) atoms. The molecule has 2 aromatic rings. The highest BCUT2D eigenvalue weighted by molar-refractivity contribution is 7.90. The lowest BCUT2D eigenvalue weighted by Crippen LogP contribution is -2.25. The minimum absolute atomic E-state index is 0.0867. The van der Waals surface area contributed by atoms with Crippen molar-refractivity contribution in [2.24, 2.45) is 7.05 Å². The first-order chi connectivity index (χ1) is 10.7. The maximum Gasteiger partial charge on any atom is 0.224 e. The van der Waals surface area contributed by atoms with E-state index < -0.39 is 9.84 Å². The summed E-state index contributed by atoms with van der Waals surface area (Å²) in [5.41, 5.74) is 3.63. The number of amides is 1. The van der Waals surface area contributed by atoms with Crippen molar-refractivity contribution in [1.82, 2.24) is 15.1 Å². The number of nitrogens with zero attached hydrogens (tertiary/aromatic N) is 2. The van der Waals surface area contributed by atoms with E-state index in [-0.39, 0.29) is 17.2 Å². The second-order valence-electron chi connectivity index (χ2n) is 5.64. The van der Waals surface area contributed by atoms with E-state index in [9.17, 15) is 13.2 Å². The van der Waals surface area contributed by atoms with Crippen LogP contribution in [0.15, 0.2) is 29.2 Å². The molecule has 0 aliphatic carbocycles. The van der Waals surface area contributed by atoms with Crippen LogP contribution >= 0.6 is 0 Å². The van der Waals surface area contributed by atoms with Gasteiger partial charge in [-0.1, -0.05) is 12.1 Å². The number of carbonyl (C=O) groups excluding carboxylic acids is 1. The van der Waals surface area contributed by atoms with Gasteiger partial charge in [0.05, 0.1) is 17.0 Å². The van der Waals surface area contributed by atoms with Gasteiger partial charge >= 0.3 is 0 Å². The van der Waals surface area contributed by atoms with Gasteiger partial charge in [-0.15, -0.1) is 0 Å². The third-order valence-electron chi connectivity index (χ3n) is 3.84. The molecule has 0 saturated heterocycles. The second kappa shape index (κ2) is 6.54. The summed E-state index contributed by atoms with van der Waals surface area (Å²) in [7, 11) is -1.34. The van der Waals surface area contributed by atoms with Crippen molar-refractivity contribution in [2.45, 2.75) is 31.7 Å². The van der Waals surface area contributed by atoms with Crippen molar-refractivity contribution >= 4 is 15.7 Å². The molecule has 0 fully saturated rings. The SMILES string of the molecule is Cc1nn(C)c(C)c1CC(=O)NCc1ccc(S(C)(=O)=O)cc1. The first-order valence-corrected chi connectivity index (χ1v) is 9.12. The summed E-state index contributed by atoms with van der Waals surface area (Å²) in [5.74, 6) is -0.0867. The monoisotopic (exact) mass is 335 g/mol. The number of hydrogen-bond donors (Lipinski definition) is 1. The fourth-order valence-corrected chi connectivity index (χ4v) is 2.98. The molecule has 1 aromatic carbocycles. The number of sulfone groups is 1. The maximum atomic E-state index is 12.1. The van der Waals surface area contributed by atoms with Gasteiger partial charge < -0.3 is 5.32 Å². The van der Waals surface area contributed by atoms with Crippen molar-refractivity contribution in [3.63, 3.8) is 0 Å². The highest BCUT2D eigenvalue weighted by atomic mass is 32.2. The van der Waals surface area contributed by atoms with Gasteiger partial charge in [-0.25, -0.2) is 8.42 Å².